The molecule has 0 aliphatic carbocycles. The predicted molar refractivity (Wildman–Crippen MR) is 107 cm³/mol. The van der Waals surface area contributed by atoms with E-state index >= 15 is 0 Å². The number of hydrogen-bond acceptors (Lipinski definition) is 5. The van der Waals surface area contributed by atoms with Gasteiger partial charge in [0.15, 0.2) is 18.1 Å². The van der Waals surface area contributed by atoms with E-state index in [1.165, 1.54) is 4.88 Å². The van der Waals surface area contributed by atoms with Crippen LogP contribution in [-0.2, 0) is 6.54 Å². The van der Waals surface area contributed by atoms with Crippen LogP contribution in [0.25, 0.3) is 0 Å². The number of hydrogen-bond donors (Lipinski definition) is 0. The topological polar surface area (TPSA) is 49.7 Å². The maximum atomic E-state index is 12.8. The molecule has 0 saturated carbocycles. The van der Waals surface area contributed by atoms with Crippen molar-refractivity contribution in [2.45, 2.75) is 20.4 Å². The highest BCUT2D eigenvalue weighted by Gasteiger charge is 2.19. The van der Waals surface area contributed by atoms with Crippen molar-refractivity contribution in [2.24, 2.45) is 0 Å². The molecule has 0 unspecified atom stereocenters. The normalized spacial score (nSPS) is 10.7. The summed E-state index contributed by atoms with van der Waals surface area (Å²) < 4.78 is 18.5. The predicted octanol–water partition coefficient (Wildman–Crippen LogP) is 4.49. The number of thiophene rings is 1. The Bertz CT molecular complexity index is 906. The molecule has 6 heteroatoms. The lowest BCUT2D eigenvalue weighted by molar-refractivity contribution is 0.0916. The number of methoxy groups -OCH3 is 2. The van der Waals surface area contributed by atoms with Crippen LogP contribution in [0, 0.1) is 13.8 Å². The minimum Gasteiger partial charge on any atom is -0.493 e. The minimum atomic E-state index is -0.0833. The van der Waals surface area contributed by atoms with Crippen molar-refractivity contribution >= 4 is 17.1 Å². The molecule has 3 aromatic rings. The number of aryl methyl sites for hydroxylation is 1. The first-order valence-corrected chi connectivity index (χ1v) is 9.49. The van der Waals surface area contributed by atoms with Crippen LogP contribution in [0.15, 0.2) is 41.8 Å². The van der Waals surface area contributed by atoms with Crippen molar-refractivity contribution in [1.82, 2.24) is 4.57 Å². The number of ether oxygens (including phenoxy) is 3. The first-order chi connectivity index (χ1) is 13.0. The molecule has 142 valence electrons. The number of Topliss-reactive ketones (excluding diaryl/α,β-unsaturated/α-hetero) is 1. The fourth-order valence-corrected chi connectivity index (χ4v) is 3.75. The molecule has 0 N–H and O–H groups in total. The van der Waals surface area contributed by atoms with Gasteiger partial charge in [-0.2, -0.15) is 0 Å². The molecule has 0 spiro atoms. The molecular weight excluding hydrogens is 362 g/mol. The molecule has 0 saturated heterocycles. The number of para-hydroxylation sites is 1. The van der Waals surface area contributed by atoms with Gasteiger partial charge >= 0.3 is 0 Å². The van der Waals surface area contributed by atoms with Crippen LogP contribution >= 0.6 is 11.3 Å². The van der Waals surface area contributed by atoms with Crippen molar-refractivity contribution < 1.29 is 19.0 Å². The third-order valence-electron chi connectivity index (χ3n) is 4.50. The largest absolute Gasteiger partial charge is 0.493 e. The van der Waals surface area contributed by atoms with Gasteiger partial charge in [-0.05, 0) is 43.5 Å². The number of carbonyl (C=O) groups is 1. The summed E-state index contributed by atoms with van der Waals surface area (Å²) in [6.45, 7) is 4.67. The van der Waals surface area contributed by atoms with Crippen LogP contribution in [0.2, 0.25) is 0 Å². The lowest BCUT2D eigenvalue weighted by atomic mass is 10.1. The fraction of sp³-hybridized carbons (Fsp3) is 0.286. The van der Waals surface area contributed by atoms with E-state index in [0.717, 1.165) is 17.9 Å². The van der Waals surface area contributed by atoms with E-state index in [-0.39, 0.29) is 12.4 Å². The number of ketones is 1. The maximum Gasteiger partial charge on any atom is 0.203 e. The summed E-state index contributed by atoms with van der Waals surface area (Å²) in [6, 6.07) is 11.4. The molecule has 0 amide bonds. The number of benzene rings is 1. The Labute approximate surface area is 163 Å². The minimum absolute atomic E-state index is 0.0755. The smallest absolute Gasteiger partial charge is 0.203 e. The zero-order chi connectivity index (χ0) is 19.4. The van der Waals surface area contributed by atoms with Crippen molar-refractivity contribution in [3.05, 3.63) is 63.6 Å². The van der Waals surface area contributed by atoms with Gasteiger partial charge in [0.2, 0.25) is 11.5 Å². The SMILES string of the molecule is COc1cccc(OC)c1OCC(=O)c1cc(C)n(Cc2cccs2)c1C. The van der Waals surface area contributed by atoms with E-state index in [1.807, 2.05) is 32.0 Å². The zero-order valence-electron chi connectivity index (χ0n) is 15.9. The Morgan fingerprint density at radius 1 is 1.07 bits per heavy atom. The van der Waals surface area contributed by atoms with Gasteiger partial charge in [0, 0.05) is 21.8 Å². The van der Waals surface area contributed by atoms with Crippen molar-refractivity contribution in [2.75, 3.05) is 20.8 Å². The molecule has 27 heavy (non-hydrogen) atoms. The molecule has 0 aliphatic heterocycles. The summed E-state index contributed by atoms with van der Waals surface area (Å²) in [5, 5.41) is 2.06. The first-order valence-electron chi connectivity index (χ1n) is 8.61. The molecule has 0 atom stereocenters. The second-order valence-electron chi connectivity index (χ2n) is 6.15. The second-order valence-corrected chi connectivity index (χ2v) is 7.19. The summed E-state index contributed by atoms with van der Waals surface area (Å²) in [6.07, 6.45) is 0. The van der Waals surface area contributed by atoms with Crippen LogP contribution in [0.1, 0.15) is 26.6 Å². The van der Waals surface area contributed by atoms with Crippen LogP contribution in [0.4, 0.5) is 0 Å². The van der Waals surface area contributed by atoms with Crippen LogP contribution in [-0.4, -0.2) is 31.2 Å². The molecule has 0 aliphatic rings. The van der Waals surface area contributed by atoms with Gasteiger partial charge in [0.25, 0.3) is 0 Å². The highest BCUT2D eigenvalue weighted by atomic mass is 32.1. The average Bonchev–Trinajstić information content (AvgIpc) is 3.29. The van der Waals surface area contributed by atoms with E-state index < -0.39 is 0 Å². The lowest BCUT2D eigenvalue weighted by Gasteiger charge is -2.13. The van der Waals surface area contributed by atoms with Gasteiger partial charge in [-0.25, -0.2) is 0 Å². The standard InChI is InChI=1S/C21H23NO4S/c1-14-11-17(15(2)22(14)12-16-7-6-10-27-16)18(23)13-26-21-19(24-3)8-5-9-20(21)25-4/h5-11H,12-13H2,1-4H3. The van der Waals surface area contributed by atoms with Gasteiger partial charge in [-0.15, -0.1) is 11.3 Å². The molecule has 2 heterocycles. The zero-order valence-corrected chi connectivity index (χ0v) is 16.8. The van der Waals surface area contributed by atoms with Gasteiger partial charge in [-0.1, -0.05) is 12.1 Å². The molecule has 2 aromatic heterocycles. The average molecular weight is 385 g/mol. The number of nitrogens with zero attached hydrogens (tertiary/aromatic N) is 1. The molecule has 3 rings (SSSR count). The third kappa shape index (κ3) is 4.01. The summed E-state index contributed by atoms with van der Waals surface area (Å²) in [4.78, 5) is 14.0. The van der Waals surface area contributed by atoms with Crippen LogP contribution in [0.3, 0.4) is 0 Å². The van der Waals surface area contributed by atoms with Gasteiger partial charge < -0.3 is 18.8 Å². The highest BCUT2D eigenvalue weighted by Crippen LogP contribution is 2.36. The Morgan fingerprint density at radius 2 is 1.78 bits per heavy atom. The quantitative estimate of drug-likeness (QED) is 0.536. The van der Waals surface area contributed by atoms with E-state index in [0.29, 0.717) is 22.8 Å². The molecular formula is C21H23NO4S. The molecule has 0 radical (unpaired) electrons. The van der Waals surface area contributed by atoms with Crippen molar-refractivity contribution in [1.29, 1.82) is 0 Å². The van der Waals surface area contributed by atoms with E-state index in [1.54, 1.807) is 37.7 Å². The van der Waals surface area contributed by atoms with Crippen molar-refractivity contribution in [3.8, 4) is 17.2 Å². The highest BCUT2D eigenvalue weighted by molar-refractivity contribution is 7.09. The van der Waals surface area contributed by atoms with Crippen LogP contribution < -0.4 is 14.2 Å². The van der Waals surface area contributed by atoms with Gasteiger partial charge in [0.05, 0.1) is 20.8 Å². The number of aromatic nitrogens is 1. The third-order valence-corrected chi connectivity index (χ3v) is 5.36. The van der Waals surface area contributed by atoms with Gasteiger partial charge in [-0.3, -0.25) is 4.79 Å². The van der Waals surface area contributed by atoms with Crippen LogP contribution in [0.5, 0.6) is 17.2 Å². The van der Waals surface area contributed by atoms with Gasteiger partial charge in [0.1, 0.15) is 0 Å². The summed E-state index contributed by atoms with van der Waals surface area (Å²) in [7, 11) is 3.11. The molecule has 1 aromatic carbocycles. The Balaban J connectivity index is 1.78. The Hall–Kier alpha value is -2.73. The van der Waals surface area contributed by atoms with E-state index in [2.05, 4.69) is 16.0 Å². The summed E-state index contributed by atoms with van der Waals surface area (Å²) in [5.41, 5.74) is 2.68. The molecule has 0 bridgehead atoms. The fourth-order valence-electron chi connectivity index (χ4n) is 3.06. The molecule has 5 nitrogen and oxygen atoms in total. The monoisotopic (exact) mass is 385 g/mol. The summed E-state index contributed by atoms with van der Waals surface area (Å²) in [5.74, 6) is 1.42. The molecule has 0 fully saturated rings. The van der Waals surface area contributed by atoms with E-state index in [9.17, 15) is 4.79 Å². The maximum absolute atomic E-state index is 12.8. The summed E-state index contributed by atoms with van der Waals surface area (Å²) >= 11 is 1.71. The van der Waals surface area contributed by atoms with E-state index in [4.69, 9.17) is 14.2 Å². The first kappa shape index (κ1) is 19.0. The number of rotatable bonds is 8. The lowest BCUT2D eigenvalue weighted by Crippen LogP contribution is -2.14. The second kappa shape index (κ2) is 8.31. The Kier molecular flexibility index (Phi) is 5.86. The number of carbonyl (C=O) groups excluding carboxylic acids is 1. The van der Waals surface area contributed by atoms with Crippen molar-refractivity contribution in [3.63, 3.8) is 0 Å². The Morgan fingerprint density at radius 3 is 2.37 bits per heavy atom.